The smallest absolute Gasteiger partial charge is 0.131 e. The Hall–Kier alpha value is -1.20. The number of likely N-dealkylation sites (N-methyl/N-ethyl adjacent to an activating group) is 1. The molecule has 0 bridgehead atoms. The van der Waals surface area contributed by atoms with Crippen LogP contribution in [-0.2, 0) is 4.74 Å². The molecule has 0 atom stereocenters. The van der Waals surface area contributed by atoms with Crippen LogP contribution in [0.4, 0.5) is 5.82 Å². The molecule has 1 saturated heterocycles. The number of rotatable bonds is 4. The van der Waals surface area contributed by atoms with Gasteiger partial charge in [0, 0.05) is 38.4 Å². The largest absolute Gasteiger partial charge is 0.379 e. The number of hydrogen-bond donors (Lipinski definition) is 0. The van der Waals surface area contributed by atoms with E-state index < -0.39 is 0 Å². The Morgan fingerprint density at radius 3 is 2.67 bits per heavy atom. The van der Waals surface area contributed by atoms with Gasteiger partial charge >= 0.3 is 0 Å². The van der Waals surface area contributed by atoms with Crippen molar-refractivity contribution in [3.63, 3.8) is 0 Å². The summed E-state index contributed by atoms with van der Waals surface area (Å²) in [5, 5.41) is 0. The van der Waals surface area contributed by atoms with Crippen LogP contribution in [0.3, 0.4) is 0 Å². The minimum Gasteiger partial charge on any atom is -0.379 e. The predicted molar refractivity (Wildman–Crippen MR) is 83.5 cm³/mol. The lowest BCUT2D eigenvalue weighted by Gasteiger charge is -2.49. The van der Waals surface area contributed by atoms with E-state index in [1.807, 2.05) is 12.3 Å². The quantitative estimate of drug-likeness (QED) is 0.848. The van der Waals surface area contributed by atoms with Crippen molar-refractivity contribution in [2.24, 2.45) is 0 Å². The van der Waals surface area contributed by atoms with E-state index in [4.69, 9.17) is 4.74 Å². The van der Waals surface area contributed by atoms with Gasteiger partial charge in [-0.15, -0.1) is 0 Å². The third-order valence-electron chi connectivity index (χ3n) is 4.96. The van der Waals surface area contributed by atoms with Crippen LogP contribution < -0.4 is 4.90 Å². The topological polar surface area (TPSA) is 41.5 Å². The Labute approximate surface area is 127 Å². The summed E-state index contributed by atoms with van der Waals surface area (Å²) < 4.78 is 5.55. The van der Waals surface area contributed by atoms with Gasteiger partial charge in [-0.3, -0.25) is 4.90 Å². The van der Waals surface area contributed by atoms with Crippen LogP contribution >= 0.6 is 0 Å². The minimum atomic E-state index is 0.293. The third-order valence-corrected chi connectivity index (χ3v) is 4.96. The molecule has 3 rings (SSSR count). The van der Waals surface area contributed by atoms with Gasteiger partial charge in [-0.2, -0.15) is 0 Å². The Morgan fingerprint density at radius 1 is 1.24 bits per heavy atom. The Morgan fingerprint density at radius 2 is 2.00 bits per heavy atom. The second-order valence-corrected chi connectivity index (χ2v) is 6.31. The van der Waals surface area contributed by atoms with Crippen LogP contribution in [0, 0.1) is 0 Å². The second-order valence-electron chi connectivity index (χ2n) is 6.31. The van der Waals surface area contributed by atoms with E-state index >= 15 is 0 Å². The molecule has 2 fully saturated rings. The molecule has 1 aliphatic carbocycles. The average molecular weight is 290 g/mol. The first-order chi connectivity index (χ1) is 10.3. The van der Waals surface area contributed by atoms with Crippen LogP contribution in [0.2, 0.25) is 0 Å². The van der Waals surface area contributed by atoms with E-state index in [1.54, 1.807) is 6.33 Å². The molecule has 1 aromatic heterocycles. The zero-order valence-corrected chi connectivity index (χ0v) is 13.0. The number of anilines is 1. The summed E-state index contributed by atoms with van der Waals surface area (Å²) in [6, 6.07) is 2.00. The molecule has 1 saturated carbocycles. The molecule has 1 aliphatic heterocycles. The van der Waals surface area contributed by atoms with Crippen LogP contribution in [0.1, 0.15) is 32.1 Å². The molecular weight excluding hydrogens is 264 g/mol. The van der Waals surface area contributed by atoms with Gasteiger partial charge < -0.3 is 9.64 Å². The van der Waals surface area contributed by atoms with Crippen molar-refractivity contribution in [1.82, 2.24) is 14.9 Å². The Kier molecular flexibility index (Phi) is 4.70. The number of aromatic nitrogens is 2. The van der Waals surface area contributed by atoms with E-state index in [1.165, 1.54) is 32.1 Å². The van der Waals surface area contributed by atoms with Crippen molar-refractivity contribution in [2.45, 2.75) is 37.6 Å². The van der Waals surface area contributed by atoms with E-state index in [0.29, 0.717) is 5.54 Å². The fourth-order valence-electron chi connectivity index (χ4n) is 3.85. The van der Waals surface area contributed by atoms with E-state index in [2.05, 4.69) is 26.8 Å². The lowest BCUT2D eigenvalue weighted by atomic mass is 9.79. The first-order valence-electron chi connectivity index (χ1n) is 8.10. The van der Waals surface area contributed by atoms with E-state index in [-0.39, 0.29) is 0 Å². The monoisotopic (exact) mass is 290 g/mol. The van der Waals surface area contributed by atoms with Gasteiger partial charge in [0.05, 0.1) is 13.2 Å². The predicted octanol–water partition coefficient (Wildman–Crippen LogP) is 1.95. The van der Waals surface area contributed by atoms with Crippen molar-refractivity contribution in [3.05, 3.63) is 18.6 Å². The maximum atomic E-state index is 5.55. The van der Waals surface area contributed by atoms with Crippen LogP contribution in [-0.4, -0.2) is 60.3 Å². The SMILES string of the molecule is CN(CC1(N2CCOCC2)CCCCC1)c1ccncn1. The van der Waals surface area contributed by atoms with E-state index in [0.717, 1.165) is 38.7 Å². The molecule has 0 N–H and O–H groups in total. The highest BCUT2D eigenvalue weighted by Gasteiger charge is 2.39. The molecule has 116 valence electrons. The molecule has 2 heterocycles. The molecule has 0 radical (unpaired) electrons. The van der Waals surface area contributed by atoms with Crippen LogP contribution in [0.25, 0.3) is 0 Å². The molecule has 5 nitrogen and oxygen atoms in total. The molecule has 5 heteroatoms. The summed E-state index contributed by atoms with van der Waals surface area (Å²) in [6.07, 6.45) is 10.1. The highest BCUT2D eigenvalue weighted by Crippen LogP contribution is 2.35. The Balaban J connectivity index is 1.75. The maximum Gasteiger partial charge on any atom is 0.131 e. The van der Waals surface area contributed by atoms with Gasteiger partial charge in [-0.1, -0.05) is 19.3 Å². The molecule has 2 aliphatic rings. The van der Waals surface area contributed by atoms with Crippen molar-refractivity contribution >= 4 is 5.82 Å². The van der Waals surface area contributed by atoms with Gasteiger partial charge in [-0.05, 0) is 18.9 Å². The lowest BCUT2D eigenvalue weighted by Crippen LogP contribution is -2.59. The first-order valence-corrected chi connectivity index (χ1v) is 8.10. The van der Waals surface area contributed by atoms with Gasteiger partial charge in [-0.25, -0.2) is 9.97 Å². The first kappa shape index (κ1) is 14.7. The third kappa shape index (κ3) is 3.35. The van der Waals surface area contributed by atoms with E-state index in [9.17, 15) is 0 Å². The standard InChI is InChI=1S/C16H26N4O/c1-19(15-5-8-17-14-18-15)13-16(6-3-2-4-7-16)20-9-11-21-12-10-20/h5,8,14H,2-4,6-7,9-13H2,1H3. The fraction of sp³-hybridized carbons (Fsp3) is 0.750. The Bertz CT molecular complexity index is 427. The van der Waals surface area contributed by atoms with Crippen molar-refractivity contribution in [3.8, 4) is 0 Å². The lowest BCUT2D eigenvalue weighted by molar-refractivity contribution is -0.0339. The summed E-state index contributed by atoms with van der Waals surface area (Å²) >= 11 is 0. The summed E-state index contributed by atoms with van der Waals surface area (Å²) in [7, 11) is 2.15. The molecule has 0 unspecified atom stereocenters. The second kappa shape index (κ2) is 6.71. The van der Waals surface area contributed by atoms with Gasteiger partial charge in [0.2, 0.25) is 0 Å². The van der Waals surface area contributed by atoms with Crippen molar-refractivity contribution < 1.29 is 4.74 Å². The molecular formula is C16H26N4O. The number of morpholine rings is 1. The van der Waals surface area contributed by atoms with Gasteiger partial charge in [0.1, 0.15) is 12.1 Å². The molecule has 1 aromatic rings. The van der Waals surface area contributed by atoms with Crippen molar-refractivity contribution in [2.75, 3.05) is 44.8 Å². The fourth-order valence-corrected chi connectivity index (χ4v) is 3.85. The summed E-state index contributed by atoms with van der Waals surface area (Å²) in [6.45, 7) is 4.93. The normalized spacial score (nSPS) is 22.9. The zero-order chi connectivity index (χ0) is 14.5. The van der Waals surface area contributed by atoms with Gasteiger partial charge in [0.15, 0.2) is 0 Å². The maximum absolute atomic E-state index is 5.55. The molecule has 21 heavy (non-hydrogen) atoms. The molecule has 0 amide bonds. The molecule has 0 aromatic carbocycles. The van der Waals surface area contributed by atoms with Crippen LogP contribution in [0.5, 0.6) is 0 Å². The molecule has 0 spiro atoms. The zero-order valence-electron chi connectivity index (χ0n) is 13.0. The highest BCUT2D eigenvalue weighted by atomic mass is 16.5. The van der Waals surface area contributed by atoms with Crippen molar-refractivity contribution in [1.29, 1.82) is 0 Å². The van der Waals surface area contributed by atoms with Gasteiger partial charge in [0.25, 0.3) is 0 Å². The number of nitrogens with zero attached hydrogens (tertiary/aromatic N) is 4. The number of hydrogen-bond acceptors (Lipinski definition) is 5. The van der Waals surface area contributed by atoms with Crippen LogP contribution in [0.15, 0.2) is 18.6 Å². The minimum absolute atomic E-state index is 0.293. The summed E-state index contributed by atoms with van der Waals surface area (Å²) in [5.74, 6) is 1.02. The summed E-state index contributed by atoms with van der Waals surface area (Å²) in [5.41, 5.74) is 0.293. The highest BCUT2D eigenvalue weighted by molar-refractivity contribution is 5.36. The number of ether oxygens (including phenoxy) is 1. The average Bonchev–Trinajstić information content (AvgIpc) is 2.57. The summed E-state index contributed by atoms with van der Waals surface area (Å²) in [4.78, 5) is 13.4.